The van der Waals surface area contributed by atoms with Crippen LogP contribution in [0.3, 0.4) is 0 Å². The van der Waals surface area contributed by atoms with Crippen molar-refractivity contribution >= 4 is 27.8 Å². The van der Waals surface area contributed by atoms with Crippen LogP contribution < -0.4 is 19.5 Å². The van der Waals surface area contributed by atoms with Gasteiger partial charge in [0.1, 0.15) is 18.0 Å². The molecular weight excluding hydrogens is 462 g/mol. The molecule has 3 heterocycles. The van der Waals surface area contributed by atoms with Gasteiger partial charge >= 0.3 is 0 Å². The van der Waals surface area contributed by atoms with Crippen LogP contribution in [0.4, 0.5) is 0 Å². The summed E-state index contributed by atoms with van der Waals surface area (Å²) in [7, 11) is 0. The minimum atomic E-state index is -0.210. The Labute approximate surface area is 189 Å². The summed E-state index contributed by atoms with van der Waals surface area (Å²) >= 11 is 3.51. The lowest BCUT2D eigenvalue weighted by Crippen LogP contribution is -3.14. The number of halogens is 1. The molecule has 0 bridgehead atoms. The van der Waals surface area contributed by atoms with Gasteiger partial charge in [0.05, 0.1) is 24.8 Å². The molecule has 3 aliphatic rings. The van der Waals surface area contributed by atoms with Crippen LogP contribution >= 0.6 is 15.9 Å². The number of ether oxygens (including phenoxy) is 3. The van der Waals surface area contributed by atoms with Crippen LogP contribution in [-0.4, -0.2) is 25.2 Å². The van der Waals surface area contributed by atoms with Crippen LogP contribution in [0.25, 0.3) is 6.08 Å². The summed E-state index contributed by atoms with van der Waals surface area (Å²) in [5, 5.41) is 12.7. The first-order chi connectivity index (χ1) is 15.0. The monoisotopic (exact) mass is 485 g/mol. The van der Waals surface area contributed by atoms with Crippen molar-refractivity contribution in [2.75, 3.05) is 13.3 Å². The number of allylic oxidation sites excluding steroid dienone is 1. The predicted molar refractivity (Wildman–Crippen MR) is 116 cm³/mol. The number of ketones is 1. The molecule has 31 heavy (non-hydrogen) atoms. The number of carbonyl (C=O) groups is 1. The Hall–Kier alpha value is -2.35. The van der Waals surface area contributed by atoms with Gasteiger partial charge in [0.25, 0.3) is 0 Å². The van der Waals surface area contributed by atoms with E-state index in [1.807, 2.05) is 12.1 Å². The van der Waals surface area contributed by atoms with Crippen LogP contribution in [0.1, 0.15) is 53.2 Å². The van der Waals surface area contributed by atoms with Crippen molar-refractivity contribution in [2.24, 2.45) is 0 Å². The van der Waals surface area contributed by atoms with Gasteiger partial charge in [-0.2, -0.15) is 0 Å². The molecule has 0 saturated carbocycles. The fourth-order valence-corrected chi connectivity index (χ4v) is 5.18. The molecule has 0 aliphatic carbocycles. The minimum Gasteiger partial charge on any atom is -0.872 e. The van der Waals surface area contributed by atoms with E-state index < -0.39 is 0 Å². The molecule has 0 radical (unpaired) electrons. The zero-order chi connectivity index (χ0) is 21.5. The summed E-state index contributed by atoms with van der Waals surface area (Å²) in [5.74, 6) is 1.03. The number of quaternary nitrogens is 1. The lowest BCUT2D eigenvalue weighted by molar-refractivity contribution is -0.942. The van der Waals surface area contributed by atoms with E-state index in [1.165, 1.54) is 17.4 Å². The molecule has 162 valence electrons. The number of likely N-dealkylation sites (tertiary alicyclic amines) is 1. The fourth-order valence-electron chi connectivity index (χ4n) is 4.66. The van der Waals surface area contributed by atoms with E-state index in [0.717, 1.165) is 35.0 Å². The zero-order valence-electron chi connectivity index (χ0n) is 17.3. The average Bonchev–Trinajstić information content (AvgIpc) is 3.07. The van der Waals surface area contributed by atoms with Gasteiger partial charge in [0.2, 0.25) is 5.78 Å². The van der Waals surface area contributed by atoms with E-state index in [4.69, 9.17) is 14.2 Å². The van der Waals surface area contributed by atoms with Gasteiger partial charge in [-0.25, -0.2) is 0 Å². The SMILES string of the molecule is CC1CCCC[NH+]1Cc1c([O-])ccc2c1O/C(=C\c1cc(Br)cc3c1OCOC3)C2=O. The molecule has 5 rings (SSSR count). The Morgan fingerprint density at radius 3 is 2.97 bits per heavy atom. The molecule has 7 heteroatoms. The summed E-state index contributed by atoms with van der Waals surface area (Å²) in [4.78, 5) is 14.5. The number of piperidine rings is 1. The van der Waals surface area contributed by atoms with Crippen molar-refractivity contribution in [3.05, 3.63) is 56.8 Å². The minimum absolute atomic E-state index is 0.0709. The molecule has 1 saturated heterocycles. The molecule has 2 aromatic carbocycles. The topological polar surface area (TPSA) is 72.3 Å². The second kappa shape index (κ2) is 8.30. The van der Waals surface area contributed by atoms with Gasteiger partial charge in [-0.1, -0.05) is 27.7 Å². The maximum absolute atomic E-state index is 13.1. The van der Waals surface area contributed by atoms with Crippen molar-refractivity contribution in [2.45, 2.75) is 45.4 Å². The molecular formula is C24H24BrNO5. The quantitative estimate of drug-likeness (QED) is 0.676. The van der Waals surface area contributed by atoms with Crippen molar-refractivity contribution in [1.82, 2.24) is 0 Å². The van der Waals surface area contributed by atoms with Crippen LogP contribution in [-0.2, 0) is 17.9 Å². The van der Waals surface area contributed by atoms with Gasteiger partial charge in [0.15, 0.2) is 12.6 Å². The van der Waals surface area contributed by atoms with Gasteiger partial charge in [-0.15, -0.1) is 0 Å². The van der Waals surface area contributed by atoms with Crippen molar-refractivity contribution in [1.29, 1.82) is 0 Å². The van der Waals surface area contributed by atoms with E-state index in [0.29, 0.717) is 41.8 Å². The standard InChI is InChI=1S/C24H24BrNO5/c1-14-4-2-3-7-26(14)11-19-20(27)6-5-18-22(28)21(31-24(18)19)10-15-8-17(25)9-16-12-29-13-30-23(15)16/h5-6,8-10,14,27H,2-4,7,11-13H2,1H3/b21-10-. The summed E-state index contributed by atoms with van der Waals surface area (Å²) in [6, 6.07) is 7.39. The van der Waals surface area contributed by atoms with Gasteiger partial charge in [0, 0.05) is 21.2 Å². The Morgan fingerprint density at radius 2 is 2.13 bits per heavy atom. The molecule has 1 fully saturated rings. The number of hydrogen-bond acceptors (Lipinski definition) is 5. The molecule has 3 aliphatic heterocycles. The highest BCUT2D eigenvalue weighted by molar-refractivity contribution is 9.10. The largest absolute Gasteiger partial charge is 0.872 e. The third kappa shape index (κ3) is 3.86. The number of hydrogen-bond donors (Lipinski definition) is 1. The van der Waals surface area contributed by atoms with E-state index in [9.17, 15) is 9.90 Å². The lowest BCUT2D eigenvalue weighted by atomic mass is 10.0. The molecule has 2 unspecified atom stereocenters. The molecule has 6 nitrogen and oxygen atoms in total. The first-order valence-corrected chi connectivity index (χ1v) is 11.4. The zero-order valence-corrected chi connectivity index (χ0v) is 18.9. The summed E-state index contributed by atoms with van der Waals surface area (Å²) in [6.07, 6.45) is 5.24. The molecule has 1 N–H and O–H groups in total. The lowest BCUT2D eigenvalue weighted by Gasteiger charge is -2.31. The van der Waals surface area contributed by atoms with Crippen LogP contribution in [0.5, 0.6) is 17.2 Å². The molecule has 2 atom stereocenters. The summed E-state index contributed by atoms with van der Waals surface area (Å²) < 4.78 is 17.9. The average molecular weight is 486 g/mol. The smallest absolute Gasteiger partial charge is 0.231 e. The maximum Gasteiger partial charge on any atom is 0.231 e. The highest BCUT2D eigenvalue weighted by Gasteiger charge is 2.33. The number of benzene rings is 2. The second-order valence-electron chi connectivity index (χ2n) is 8.43. The van der Waals surface area contributed by atoms with E-state index >= 15 is 0 Å². The highest BCUT2D eigenvalue weighted by atomic mass is 79.9. The Kier molecular flexibility index (Phi) is 5.50. The molecule has 0 amide bonds. The molecule has 2 aromatic rings. The van der Waals surface area contributed by atoms with E-state index in [-0.39, 0.29) is 24.1 Å². The van der Waals surface area contributed by atoms with Crippen molar-refractivity contribution < 1.29 is 29.0 Å². The molecule has 0 spiro atoms. The molecule has 0 aromatic heterocycles. The Balaban J connectivity index is 1.50. The third-order valence-corrected chi connectivity index (χ3v) is 6.83. The maximum atomic E-state index is 13.1. The number of Topliss-reactive ketones (excluding diaryl/α,β-unsaturated/α-hetero) is 1. The van der Waals surface area contributed by atoms with E-state index in [2.05, 4.69) is 22.9 Å². The number of fused-ring (bicyclic) bond motifs is 2. The summed E-state index contributed by atoms with van der Waals surface area (Å²) in [6.45, 7) is 4.45. The Morgan fingerprint density at radius 1 is 1.26 bits per heavy atom. The van der Waals surface area contributed by atoms with Crippen LogP contribution in [0.2, 0.25) is 0 Å². The fraction of sp³-hybridized carbons (Fsp3) is 0.375. The first-order valence-electron chi connectivity index (χ1n) is 10.7. The van der Waals surface area contributed by atoms with Crippen LogP contribution in [0.15, 0.2) is 34.5 Å². The number of rotatable bonds is 3. The van der Waals surface area contributed by atoms with Crippen LogP contribution in [0, 0.1) is 0 Å². The van der Waals surface area contributed by atoms with Crippen molar-refractivity contribution in [3.8, 4) is 17.2 Å². The van der Waals surface area contributed by atoms with Gasteiger partial charge in [-0.3, -0.25) is 4.79 Å². The third-order valence-electron chi connectivity index (χ3n) is 6.37. The predicted octanol–water partition coefficient (Wildman–Crippen LogP) is 2.96. The second-order valence-corrected chi connectivity index (χ2v) is 9.35. The summed E-state index contributed by atoms with van der Waals surface area (Å²) in [5.41, 5.74) is 2.70. The van der Waals surface area contributed by atoms with E-state index in [1.54, 1.807) is 12.1 Å². The first kappa shape index (κ1) is 20.5. The Bertz CT molecular complexity index is 1080. The normalized spacial score (nSPS) is 23.8. The van der Waals surface area contributed by atoms with Gasteiger partial charge in [-0.05, 0) is 50.5 Å². The number of nitrogens with one attached hydrogen (secondary N) is 1. The van der Waals surface area contributed by atoms with Crippen molar-refractivity contribution in [3.63, 3.8) is 0 Å². The van der Waals surface area contributed by atoms with Gasteiger partial charge < -0.3 is 24.2 Å². The number of carbonyl (C=O) groups excluding carboxylic acids is 1. The highest BCUT2D eigenvalue weighted by Crippen LogP contribution is 2.40.